The fourth-order valence-corrected chi connectivity index (χ4v) is 2.57. The molecule has 1 aromatic heterocycles. The highest BCUT2D eigenvalue weighted by Gasteiger charge is 2.13. The first kappa shape index (κ1) is 16.0. The second kappa shape index (κ2) is 6.32. The van der Waals surface area contributed by atoms with Crippen molar-refractivity contribution in [2.45, 2.75) is 20.8 Å². The number of carbonyl (C=O) groups excluding carboxylic acids is 1. The van der Waals surface area contributed by atoms with Gasteiger partial charge in [-0.25, -0.2) is 4.79 Å². The number of fused-ring (bicyclic) bond motifs is 1. The number of ketones is 1. The lowest BCUT2D eigenvalue weighted by Gasteiger charge is -2.09. The van der Waals surface area contributed by atoms with Gasteiger partial charge in [0.1, 0.15) is 6.61 Å². The highest BCUT2D eigenvalue weighted by atomic mass is 16.5. The van der Waals surface area contributed by atoms with Gasteiger partial charge in [-0.05, 0) is 50.1 Å². The molecule has 0 atom stereocenters. The monoisotopic (exact) mass is 322 g/mol. The Morgan fingerprint density at radius 2 is 1.75 bits per heavy atom. The van der Waals surface area contributed by atoms with Crippen molar-refractivity contribution < 1.29 is 13.9 Å². The van der Waals surface area contributed by atoms with E-state index in [1.165, 1.54) is 6.92 Å². The van der Waals surface area contributed by atoms with Crippen LogP contribution >= 0.6 is 0 Å². The number of Topliss-reactive ketones (excluding diaryl/α,β-unsaturated/α-hetero) is 1. The van der Waals surface area contributed by atoms with E-state index in [9.17, 15) is 9.59 Å². The van der Waals surface area contributed by atoms with Crippen molar-refractivity contribution in [1.82, 2.24) is 0 Å². The van der Waals surface area contributed by atoms with Crippen LogP contribution in [-0.2, 0) is 4.79 Å². The number of aryl methyl sites for hydroxylation is 2. The largest absolute Gasteiger partial charge is 0.482 e. The van der Waals surface area contributed by atoms with Gasteiger partial charge in [0.05, 0.1) is 5.56 Å². The smallest absolute Gasteiger partial charge is 0.344 e. The Balaban J connectivity index is 2.15. The number of rotatable bonds is 4. The molecule has 0 saturated heterocycles. The molecule has 0 aliphatic carbocycles. The first-order chi connectivity index (χ1) is 11.4. The van der Waals surface area contributed by atoms with Crippen LogP contribution in [0.2, 0.25) is 0 Å². The van der Waals surface area contributed by atoms with Crippen molar-refractivity contribution in [2.75, 3.05) is 6.61 Å². The number of carbonyl (C=O) groups is 1. The van der Waals surface area contributed by atoms with Gasteiger partial charge in [0.2, 0.25) is 0 Å². The summed E-state index contributed by atoms with van der Waals surface area (Å²) in [6.45, 7) is 5.32. The molecule has 122 valence electrons. The Hall–Kier alpha value is -2.88. The van der Waals surface area contributed by atoms with E-state index >= 15 is 0 Å². The van der Waals surface area contributed by atoms with Crippen LogP contribution in [0.3, 0.4) is 0 Å². The molecule has 3 rings (SSSR count). The predicted octanol–water partition coefficient (Wildman–Crippen LogP) is 4.04. The molecular formula is C20H18O4. The minimum absolute atomic E-state index is 0.0536. The summed E-state index contributed by atoms with van der Waals surface area (Å²) in [6.07, 6.45) is 0. The zero-order chi connectivity index (χ0) is 17.3. The summed E-state index contributed by atoms with van der Waals surface area (Å²) >= 11 is 0. The lowest BCUT2D eigenvalue weighted by Crippen LogP contribution is -2.08. The topological polar surface area (TPSA) is 56.5 Å². The van der Waals surface area contributed by atoms with Crippen molar-refractivity contribution >= 4 is 16.8 Å². The fourth-order valence-electron chi connectivity index (χ4n) is 2.57. The quantitative estimate of drug-likeness (QED) is 0.680. The zero-order valence-corrected chi connectivity index (χ0v) is 13.9. The average molecular weight is 322 g/mol. The van der Waals surface area contributed by atoms with Crippen LogP contribution in [0.4, 0.5) is 0 Å². The second-order valence-corrected chi connectivity index (χ2v) is 5.99. The minimum Gasteiger partial charge on any atom is -0.482 e. The first-order valence-corrected chi connectivity index (χ1v) is 7.72. The van der Waals surface area contributed by atoms with Gasteiger partial charge in [-0.3, -0.25) is 4.79 Å². The lowest BCUT2D eigenvalue weighted by molar-refractivity contribution is -0.118. The predicted molar refractivity (Wildman–Crippen MR) is 93.6 cm³/mol. The summed E-state index contributed by atoms with van der Waals surface area (Å²) in [5, 5.41) is 0.767. The highest BCUT2D eigenvalue weighted by Crippen LogP contribution is 2.29. The van der Waals surface area contributed by atoms with Gasteiger partial charge >= 0.3 is 5.63 Å². The van der Waals surface area contributed by atoms with E-state index in [0.717, 1.165) is 22.1 Å². The maximum atomic E-state index is 12.4. The van der Waals surface area contributed by atoms with E-state index in [1.54, 1.807) is 12.1 Å². The van der Waals surface area contributed by atoms with Gasteiger partial charge in [-0.1, -0.05) is 29.8 Å². The molecule has 0 bridgehead atoms. The van der Waals surface area contributed by atoms with E-state index in [1.807, 2.05) is 44.2 Å². The van der Waals surface area contributed by atoms with Gasteiger partial charge in [0.25, 0.3) is 0 Å². The maximum Gasteiger partial charge on any atom is 0.344 e. The first-order valence-electron chi connectivity index (χ1n) is 7.72. The summed E-state index contributed by atoms with van der Waals surface area (Å²) in [5.41, 5.74) is 3.34. The third kappa shape index (κ3) is 3.23. The zero-order valence-electron chi connectivity index (χ0n) is 13.9. The van der Waals surface area contributed by atoms with Crippen molar-refractivity contribution in [3.05, 3.63) is 64.0 Å². The Morgan fingerprint density at radius 3 is 2.42 bits per heavy atom. The highest BCUT2D eigenvalue weighted by molar-refractivity contribution is 5.87. The molecule has 0 unspecified atom stereocenters. The summed E-state index contributed by atoms with van der Waals surface area (Å²) in [4.78, 5) is 23.6. The molecular weight excluding hydrogens is 304 g/mol. The molecule has 4 heteroatoms. The third-order valence-corrected chi connectivity index (χ3v) is 3.74. The Labute approximate surface area is 139 Å². The lowest BCUT2D eigenvalue weighted by atomic mass is 10.0. The van der Waals surface area contributed by atoms with Crippen LogP contribution < -0.4 is 10.4 Å². The van der Waals surface area contributed by atoms with Gasteiger partial charge in [-0.2, -0.15) is 0 Å². The van der Waals surface area contributed by atoms with Crippen LogP contribution in [0.1, 0.15) is 18.1 Å². The Morgan fingerprint density at radius 1 is 1.04 bits per heavy atom. The molecule has 0 aliphatic rings. The van der Waals surface area contributed by atoms with Gasteiger partial charge in [0.15, 0.2) is 17.1 Å². The maximum absolute atomic E-state index is 12.4. The summed E-state index contributed by atoms with van der Waals surface area (Å²) in [5.74, 6) is 0.316. The van der Waals surface area contributed by atoms with Crippen LogP contribution in [-0.4, -0.2) is 12.4 Å². The number of ether oxygens (including phenoxy) is 1. The average Bonchev–Trinajstić information content (AvgIpc) is 2.53. The summed E-state index contributed by atoms with van der Waals surface area (Å²) < 4.78 is 11.0. The molecule has 0 spiro atoms. The third-order valence-electron chi connectivity index (χ3n) is 3.74. The normalized spacial score (nSPS) is 10.8. The van der Waals surface area contributed by atoms with Crippen molar-refractivity contribution in [3.8, 4) is 16.9 Å². The summed E-state index contributed by atoms with van der Waals surface area (Å²) in [7, 11) is 0. The molecule has 4 nitrogen and oxygen atoms in total. The molecule has 0 amide bonds. The number of hydrogen-bond donors (Lipinski definition) is 0. The molecule has 2 aromatic carbocycles. The minimum atomic E-state index is -0.428. The van der Waals surface area contributed by atoms with Crippen molar-refractivity contribution in [2.24, 2.45) is 0 Å². The van der Waals surface area contributed by atoms with Crippen LogP contribution in [0.25, 0.3) is 22.1 Å². The van der Waals surface area contributed by atoms with E-state index in [4.69, 9.17) is 9.15 Å². The Bertz CT molecular complexity index is 965. The van der Waals surface area contributed by atoms with E-state index in [-0.39, 0.29) is 12.4 Å². The second-order valence-electron chi connectivity index (χ2n) is 5.99. The number of hydrogen-bond acceptors (Lipinski definition) is 4. The van der Waals surface area contributed by atoms with E-state index in [0.29, 0.717) is 16.9 Å². The van der Waals surface area contributed by atoms with E-state index < -0.39 is 5.63 Å². The van der Waals surface area contributed by atoms with Gasteiger partial charge in [0, 0.05) is 5.39 Å². The molecule has 0 aliphatic heterocycles. The van der Waals surface area contributed by atoms with Crippen LogP contribution in [0.5, 0.6) is 5.75 Å². The molecule has 0 N–H and O–H groups in total. The molecule has 0 radical (unpaired) electrons. The molecule has 3 aromatic rings. The Kier molecular flexibility index (Phi) is 4.21. The molecule has 24 heavy (non-hydrogen) atoms. The molecule has 0 saturated carbocycles. The van der Waals surface area contributed by atoms with Gasteiger partial charge < -0.3 is 9.15 Å². The fraction of sp³-hybridized carbons (Fsp3) is 0.200. The molecule has 0 fully saturated rings. The standard InChI is InChI=1S/C20H18O4/c1-12-4-6-15(7-5-12)17-10-16-8-13(2)9-18(23-11-14(3)21)19(16)24-20(17)22/h4-10H,11H2,1-3H3. The molecule has 1 heterocycles. The number of benzene rings is 2. The van der Waals surface area contributed by atoms with Crippen LogP contribution in [0.15, 0.2) is 51.7 Å². The summed E-state index contributed by atoms with van der Waals surface area (Å²) in [6, 6.07) is 13.2. The SMILES string of the molecule is CC(=O)COc1cc(C)cc2cc(-c3ccc(C)cc3)c(=O)oc12. The van der Waals surface area contributed by atoms with E-state index in [2.05, 4.69) is 0 Å². The van der Waals surface area contributed by atoms with Crippen molar-refractivity contribution in [3.63, 3.8) is 0 Å². The van der Waals surface area contributed by atoms with Crippen LogP contribution in [0, 0.1) is 13.8 Å². The van der Waals surface area contributed by atoms with Gasteiger partial charge in [-0.15, -0.1) is 0 Å². The van der Waals surface area contributed by atoms with Crippen molar-refractivity contribution in [1.29, 1.82) is 0 Å².